The van der Waals surface area contributed by atoms with Crippen molar-refractivity contribution in [1.82, 2.24) is 9.97 Å². The van der Waals surface area contributed by atoms with Crippen molar-refractivity contribution in [2.75, 3.05) is 30.8 Å². The number of phenolic OH excluding ortho intramolecular Hbond substituents is 1. The van der Waals surface area contributed by atoms with Gasteiger partial charge in [0.25, 0.3) is 6.71 Å². The molecule has 1 atom stereocenters. The van der Waals surface area contributed by atoms with Gasteiger partial charge >= 0.3 is 0 Å². The van der Waals surface area contributed by atoms with Crippen LogP contribution in [0.15, 0.2) is 48.5 Å². The number of nitrogen functional groups attached to an aromatic ring is 1. The highest BCUT2D eigenvalue weighted by molar-refractivity contribution is 6.70. The predicted molar refractivity (Wildman–Crippen MR) is 173 cm³/mol. The number of rotatable bonds is 5. The van der Waals surface area contributed by atoms with E-state index < -0.39 is 0 Å². The van der Waals surface area contributed by atoms with Crippen molar-refractivity contribution < 1.29 is 5.11 Å². The lowest BCUT2D eigenvalue weighted by Crippen LogP contribution is -2.32. The molecule has 1 saturated carbocycles. The second-order valence-corrected chi connectivity index (χ2v) is 9.53. The Balaban J connectivity index is 0.000000876. The van der Waals surface area contributed by atoms with Crippen LogP contribution in [0.4, 0.5) is 11.5 Å². The number of pyridine rings is 2. The highest BCUT2D eigenvalue weighted by Gasteiger charge is 2.40. The topological polar surface area (TPSA) is 111 Å². The van der Waals surface area contributed by atoms with Gasteiger partial charge in [0, 0.05) is 54.7 Å². The van der Waals surface area contributed by atoms with Crippen LogP contribution in [0.1, 0.15) is 64.5 Å². The maximum absolute atomic E-state index is 10.7. The minimum absolute atomic E-state index is 0.129. The van der Waals surface area contributed by atoms with Crippen LogP contribution in [-0.4, -0.2) is 48.1 Å². The number of fused-ring (bicyclic) bond motifs is 1. The summed E-state index contributed by atoms with van der Waals surface area (Å²) in [6.07, 6.45) is 6.40. The van der Waals surface area contributed by atoms with Crippen LogP contribution in [0.5, 0.6) is 5.75 Å². The average molecular weight is 541 g/mol. The van der Waals surface area contributed by atoms with Crippen molar-refractivity contribution in [1.29, 1.82) is 5.26 Å². The molecular formula is C32H45BN6O. The van der Waals surface area contributed by atoms with Crippen molar-refractivity contribution in [3.63, 3.8) is 0 Å². The third-order valence-corrected chi connectivity index (χ3v) is 7.56. The molecule has 0 spiro atoms. The van der Waals surface area contributed by atoms with Gasteiger partial charge in [-0.05, 0) is 55.3 Å². The van der Waals surface area contributed by atoms with Gasteiger partial charge in [0.15, 0.2) is 0 Å². The van der Waals surface area contributed by atoms with Crippen molar-refractivity contribution in [2.24, 2.45) is 4.99 Å². The van der Waals surface area contributed by atoms with Crippen LogP contribution < -0.4 is 10.6 Å². The number of aromatic nitrogens is 2. The maximum atomic E-state index is 10.7. The summed E-state index contributed by atoms with van der Waals surface area (Å²) >= 11 is 0. The van der Waals surface area contributed by atoms with Crippen molar-refractivity contribution >= 4 is 35.5 Å². The van der Waals surface area contributed by atoms with Crippen LogP contribution in [-0.2, 0) is 0 Å². The largest absolute Gasteiger partial charge is 0.507 e. The minimum Gasteiger partial charge on any atom is -0.507 e. The van der Waals surface area contributed by atoms with Gasteiger partial charge in [-0.2, -0.15) is 0 Å². The number of hydrogen-bond donors (Lipinski definition) is 2. The van der Waals surface area contributed by atoms with Gasteiger partial charge in [-0.3, -0.25) is 4.99 Å². The zero-order valence-corrected chi connectivity index (χ0v) is 25.1. The van der Waals surface area contributed by atoms with Crippen LogP contribution in [0.2, 0.25) is 11.6 Å². The summed E-state index contributed by atoms with van der Waals surface area (Å²) in [6, 6.07) is 9.64. The Bertz CT molecular complexity index is 1330. The molecule has 0 bridgehead atoms. The molecule has 1 saturated heterocycles. The summed E-state index contributed by atoms with van der Waals surface area (Å²) < 4.78 is 0. The second kappa shape index (κ2) is 15.7. The summed E-state index contributed by atoms with van der Waals surface area (Å²) in [5, 5.41) is 20.4. The van der Waals surface area contributed by atoms with E-state index in [1.165, 1.54) is 19.3 Å². The molecular weight excluding hydrogens is 495 g/mol. The van der Waals surface area contributed by atoms with Crippen LogP contribution in [0.3, 0.4) is 0 Å². The third kappa shape index (κ3) is 6.82. The number of hydrogen-bond acceptors (Lipinski definition) is 7. The minimum atomic E-state index is 0.129. The van der Waals surface area contributed by atoms with Gasteiger partial charge in [0.05, 0.1) is 16.7 Å². The molecule has 1 aliphatic heterocycles. The highest BCUT2D eigenvalue weighted by atomic mass is 16.3. The fraction of sp³-hybridized carbons (Fsp3) is 0.438. The molecule has 1 aromatic carbocycles. The van der Waals surface area contributed by atoms with Crippen molar-refractivity contribution in [3.05, 3.63) is 54.6 Å². The molecule has 1 unspecified atom stereocenters. The summed E-state index contributed by atoms with van der Waals surface area (Å²) in [7, 11) is 1.69. The van der Waals surface area contributed by atoms with E-state index in [9.17, 15) is 10.4 Å². The second-order valence-electron chi connectivity index (χ2n) is 9.53. The van der Waals surface area contributed by atoms with E-state index >= 15 is 0 Å². The lowest BCUT2D eigenvalue weighted by molar-refractivity contribution is 0.473. The van der Waals surface area contributed by atoms with E-state index in [-0.39, 0.29) is 12.5 Å². The quantitative estimate of drug-likeness (QED) is 0.150. The van der Waals surface area contributed by atoms with E-state index in [2.05, 4.69) is 29.0 Å². The molecule has 3 N–H and O–H groups in total. The van der Waals surface area contributed by atoms with E-state index in [4.69, 9.17) is 15.7 Å². The van der Waals surface area contributed by atoms with Gasteiger partial charge in [-0.25, -0.2) is 15.2 Å². The summed E-state index contributed by atoms with van der Waals surface area (Å²) in [5.41, 5.74) is 10.9. The maximum Gasteiger partial charge on any atom is 0.275 e. The molecule has 0 amide bonds. The van der Waals surface area contributed by atoms with Gasteiger partial charge in [-0.15, -0.1) is 13.2 Å². The Morgan fingerprint density at radius 3 is 2.33 bits per heavy atom. The Morgan fingerprint density at radius 1 is 1.07 bits per heavy atom. The SMILES string of the molecule is C=C.CC.CC.CN=Cc1cc(-c2ccc3nc(N4CCC(B(C#N)C5CCC5)C4)ccc3n2)c(O)c(C)c1N. The molecule has 3 heterocycles. The number of nitrogens with zero attached hydrogens (tertiary/aromatic N) is 5. The number of phenols is 1. The lowest BCUT2D eigenvalue weighted by atomic mass is 9.31. The Labute approximate surface area is 240 Å². The number of anilines is 2. The van der Waals surface area contributed by atoms with Crippen LogP contribution in [0.25, 0.3) is 22.3 Å². The Morgan fingerprint density at radius 2 is 1.73 bits per heavy atom. The average Bonchev–Trinajstić information content (AvgIpc) is 3.48. The fourth-order valence-electron chi connectivity index (χ4n) is 5.30. The molecule has 3 aromatic rings. The fourth-order valence-corrected chi connectivity index (χ4v) is 5.30. The lowest BCUT2D eigenvalue weighted by Gasteiger charge is -2.30. The molecule has 2 aromatic heterocycles. The summed E-state index contributed by atoms with van der Waals surface area (Å²) in [6.45, 7) is 17.8. The molecule has 212 valence electrons. The number of benzene rings is 1. The van der Waals surface area contributed by atoms with Gasteiger partial charge < -0.3 is 15.7 Å². The zero-order valence-electron chi connectivity index (χ0n) is 25.1. The Hall–Kier alpha value is -3.86. The van der Waals surface area contributed by atoms with Crippen molar-refractivity contribution in [3.8, 4) is 23.0 Å². The van der Waals surface area contributed by atoms with E-state index in [0.717, 1.165) is 41.9 Å². The molecule has 5 rings (SSSR count). The molecule has 0 radical (unpaired) electrons. The number of nitrogens with two attached hydrogens (primary N) is 1. The summed E-state index contributed by atoms with van der Waals surface area (Å²) in [5.74, 6) is 4.67. The first kappa shape index (κ1) is 32.4. The zero-order chi connectivity index (χ0) is 29.8. The van der Waals surface area contributed by atoms with E-state index in [1.807, 2.05) is 58.0 Å². The first-order valence-electron chi connectivity index (χ1n) is 14.5. The smallest absolute Gasteiger partial charge is 0.275 e. The van der Waals surface area contributed by atoms with Gasteiger partial charge in [-0.1, -0.05) is 47.0 Å². The monoisotopic (exact) mass is 540 g/mol. The third-order valence-electron chi connectivity index (χ3n) is 7.56. The molecule has 8 heteroatoms. The van der Waals surface area contributed by atoms with Gasteiger partial charge in [0.1, 0.15) is 11.6 Å². The molecule has 1 aliphatic carbocycles. The van der Waals surface area contributed by atoms with Crippen LogP contribution >= 0.6 is 0 Å². The van der Waals surface area contributed by atoms with E-state index in [1.54, 1.807) is 20.2 Å². The number of aromatic hydroxyl groups is 1. The van der Waals surface area contributed by atoms with E-state index in [0.29, 0.717) is 34.1 Å². The number of aliphatic imine (C=N–C) groups is 1. The highest BCUT2D eigenvalue weighted by Crippen LogP contribution is 2.42. The normalized spacial score (nSPS) is 16.0. The molecule has 2 fully saturated rings. The predicted octanol–water partition coefficient (Wildman–Crippen LogP) is 7.49. The standard InChI is InChI=1S/C26H29BN6O.2C2H6.C2H4/c1-16-25(29)17(13-30-2)12-20(26(16)34)21-6-7-23-22(31-21)8-9-24(32-23)33-11-10-19(14-33)27(15-28)18-4-3-5-18;3*1-2/h6-9,12-13,18-19,34H,3-5,10-11,14,29H2,1-2H3;2*1-2H3;1-2H2. The first-order valence-corrected chi connectivity index (χ1v) is 14.5. The van der Waals surface area contributed by atoms with Crippen molar-refractivity contribution in [2.45, 2.75) is 71.9 Å². The first-order chi connectivity index (χ1) is 19.5. The molecule has 40 heavy (non-hydrogen) atoms. The molecule has 7 nitrogen and oxygen atoms in total. The van der Waals surface area contributed by atoms with Gasteiger partial charge in [0.2, 0.25) is 0 Å². The van der Waals surface area contributed by atoms with Crippen LogP contribution in [0, 0.1) is 18.2 Å². The Kier molecular flexibility index (Phi) is 12.7. The molecule has 2 aliphatic rings. The number of nitriles is 1. The summed E-state index contributed by atoms with van der Waals surface area (Å²) in [4.78, 5) is 16.0.